The van der Waals surface area contributed by atoms with Crippen LogP contribution < -0.4 is 4.74 Å². The Morgan fingerprint density at radius 1 is 1.50 bits per heavy atom. The lowest BCUT2D eigenvalue weighted by molar-refractivity contribution is 0.427. The van der Waals surface area contributed by atoms with E-state index in [0.717, 1.165) is 9.94 Å². The Morgan fingerprint density at radius 2 is 2.20 bits per heavy atom. The van der Waals surface area contributed by atoms with Gasteiger partial charge in [-0.05, 0) is 12.1 Å². The predicted molar refractivity (Wildman–Crippen MR) is 45.3 cm³/mol. The summed E-state index contributed by atoms with van der Waals surface area (Å²) in [6, 6.07) is 3.70. The van der Waals surface area contributed by atoms with E-state index in [0.29, 0.717) is 0 Å². The lowest BCUT2D eigenvalue weighted by Crippen LogP contribution is -1.73. The molecule has 1 rings (SSSR count). The SMILES string of the molecule is COc1ccc(C(Cl)Cl)s1. The molecule has 1 heterocycles. The molecule has 0 saturated heterocycles. The molecule has 0 N–H and O–H groups in total. The van der Waals surface area contributed by atoms with Crippen LogP contribution in [-0.2, 0) is 0 Å². The molecule has 0 unspecified atom stereocenters. The number of ether oxygens (including phenoxy) is 1. The van der Waals surface area contributed by atoms with Crippen LogP contribution in [0.3, 0.4) is 0 Å². The van der Waals surface area contributed by atoms with E-state index in [1.807, 2.05) is 12.1 Å². The van der Waals surface area contributed by atoms with E-state index in [4.69, 9.17) is 27.9 Å². The van der Waals surface area contributed by atoms with Gasteiger partial charge in [0.2, 0.25) is 0 Å². The van der Waals surface area contributed by atoms with Crippen LogP contribution in [0.15, 0.2) is 12.1 Å². The van der Waals surface area contributed by atoms with Gasteiger partial charge in [0.25, 0.3) is 0 Å². The molecule has 1 nitrogen and oxygen atoms in total. The lowest BCUT2D eigenvalue weighted by atomic mass is 10.5. The maximum absolute atomic E-state index is 5.59. The Kier molecular flexibility index (Phi) is 2.83. The first-order chi connectivity index (χ1) is 4.74. The zero-order valence-electron chi connectivity index (χ0n) is 5.30. The van der Waals surface area contributed by atoms with Crippen LogP contribution in [0.25, 0.3) is 0 Å². The molecule has 56 valence electrons. The zero-order valence-corrected chi connectivity index (χ0v) is 7.63. The van der Waals surface area contributed by atoms with Gasteiger partial charge in [-0.1, -0.05) is 23.2 Å². The highest BCUT2D eigenvalue weighted by Crippen LogP contribution is 2.34. The van der Waals surface area contributed by atoms with Crippen molar-refractivity contribution in [1.82, 2.24) is 0 Å². The van der Waals surface area contributed by atoms with Gasteiger partial charge in [0, 0.05) is 4.88 Å². The van der Waals surface area contributed by atoms with Crippen molar-refractivity contribution in [3.63, 3.8) is 0 Å². The van der Waals surface area contributed by atoms with Crippen LogP contribution in [0.2, 0.25) is 0 Å². The van der Waals surface area contributed by atoms with Crippen molar-refractivity contribution in [3.05, 3.63) is 17.0 Å². The molecule has 0 aromatic carbocycles. The molecule has 0 saturated carbocycles. The maximum Gasteiger partial charge on any atom is 0.173 e. The molecule has 0 aliphatic rings. The number of halogens is 2. The van der Waals surface area contributed by atoms with Crippen LogP contribution in [0, 0.1) is 0 Å². The van der Waals surface area contributed by atoms with E-state index in [1.165, 1.54) is 11.3 Å². The fourth-order valence-electron chi connectivity index (χ4n) is 0.561. The average Bonchev–Trinajstić information content (AvgIpc) is 2.34. The van der Waals surface area contributed by atoms with Gasteiger partial charge in [-0.2, -0.15) is 0 Å². The summed E-state index contributed by atoms with van der Waals surface area (Å²) in [5.41, 5.74) is 0. The zero-order chi connectivity index (χ0) is 7.56. The first kappa shape index (κ1) is 8.18. The summed E-state index contributed by atoms with van der Waals surface area (Å²) in [5, 5.41) is 0.835. The van der Waals surface area contributed by atoms with Crippen LogP contribution in [0.5, 0.6) is 5.06 Å². The van der Waals surface area contributed by atoms with Crippen LogP contribution in [0.4, 0.5) is 0 Å². The summed E-state index contributed by atoms with van der Waals surface area (Å²) < 4.78 is 4.95. The van der Waals surface area contributed by atoms with E-state index >= 15 is 0 Å². The van der Waals surface area contributed by atoms with E-state index in [9.17, 15) is 0 Å². The highest BCUT2D eigenvalue weighted by atomic mass is 35.5. The Bertz CT molecular complexity index is 209. The van der Waals surface area contributed by atoms with Crippen molar-refractivity contribution >= 4 is 34.5 Å². The van der Waals surface area contributed by atoms with E-state index in [2.05, 4.69) is 0 Å². The van der Waals surface area contributed by atoms with E-state index in [1.54, 1.807) is 7.11 Å². The molecule has 0 amide bonds. The van der Waals surface area contributed by atoms with Gasteiger partial charge < -0.3 is 4.74 Å². The minimum Gasteiger partial charge on any atom is -0.487 e. The molecule has 0 fully saturated rings. The molecule has 0 aliphatic carbocycles. The highest BCUT2D eigenvalue weighted by molar-refractivity contribution is 7.14. The summed E-state index contributed by atoms with van der Waals surface area (Å²) >= 11 is 12.6. The Labute approximate surface area is 73.5 Å². The van der Waals surface area contributed by atoms with Gasteiger partial charge in [0.05, 0.1) is 7.11 Å². The number of alkyl halides is 2. The summed E-state index contributed by atoms with van der Waals surface area (Å²) in [5.74, 6) is 0. The quantitative estimate of drug-likeness (QED) is 0.661. The molecule has 0 radical (unpaired) electrons. The van der Waals surface area contributed by atoms with Gasteiger partial charge in [-0.25, -0.2) is 0 Å². The lowest BCUT2D eigenvalue weighted by Gasteiger charge is -1.92. The monoisotopic (exact) mass is 196 g/mol. The Balaban J connectivity index is 2.78. The largest absolute Gasteiger partial charge is 0.487 e. The average molecular weight is 197 g/mol. The van der Waals surface area contributed by atoms with E-state index in [-0.39, 0.29) is 0 Å². The molecule has 0 atom stereocenters. The topological polar surface area (TPSA) is 9.23 Å². The standard InChI is InChI=1S/C6H6Cl2OS/c1-9-5-3-2-4(10-5)6(7)8/h2-3,6H,1H3. The van der Waals surface area contributed by atoms with Crippen molar-refractivity contribution in [2.24, 2.45) is 0 Å². The van der Waals surface area contributed by atoms with Crippen molar-refractivity contribution in [3.8, 4) is 5.06 Å². The molecular weight excluding hydrogens is 191 g/mol. The smallest absolute Gasteiger partial charge is 0.173 e. The van der Waals surface area contributed by atoms with E-state index < -0.39 is 4.84 Å². The fourth-order valence-corrected chi connectivity index (χ4v) is 1.65. The van der Waals surface area contributed by atoms with Crippen LogP contribution in [-0.4, -0.2) is 7.11 Å². The van der Waals surface area contributed by atoms with Gasteiger partial charge >= 0.3 is 0 Å². The second-order valence-electron chi connectivity index (χ2n) is 1.66. The van der Waals surface area contributed by atoms with Crippen LogP contribution >= 0.6 is 34.5 Å². The third-order valence-electron chi connectivity index (χ3n) is 1.02. The first-order valence-corrected chi connectivity index (χ1v) is 4.35. The predicted octanol–water partition coefficient (Wildman–Crippen LogP) is 3.23. The third kappa shape index (κ3) is 1.78. The highest BCUT2D eigenvalue weighted by Gasteiger charge is 2.06. The molecule has 0 spiro atoms. The molecule has 4 heteroatoms. The molecular formula is C6H6Cl2OS. The van der Waals surface area contributed by atoms with Crippen molar-refractivity contribution in [1.29, 1.82) is 0 Å². The van der Waals surface area contributed by atoms with Gasteiger partial charge in [0.1, 0.15) is 4.84 Å². The third-order valence-corrected chi connectivity index (χ3v) is 2.86. The molecule has 10 heavy (non-hydrogen) atoms. The summed E-state index contributed by atoms with van der Waals surface area (Å²) in [4.78, 5) is 0.481. The number of rotatable bonds is 2. The van der Waals surface area contributed by atoms with Gasteiger partial charge in [0.15, 0.2) is 5.06 Å². The molecule has 1 aromatic rings. The van der Waals surface area contributed by atoms with Crippen molar-refractivity contribution < 1.29 is 4.74 Å². The Hall–Kier alpha value is 0.0800. The number of hydrogen-bond donors (Lipinski definition) is 0. The fraction of sp³-hybridized carbons (Fsp3) is 0.333. The number of methoxy groups -OCH3 is 1. The minimum atomic E-state index is -0.436. The normalized spacial score (nSPS) is 10.4. The maximum atomic E-state index is 5.59. The minimum absolute atomic E-state index is 0.436. The summed E-state index contributed by atoms with van der Waals surface area (Å²) in [6.07, 6.45) is 0. The van der Waals surface area contributed by atoms with Crippen LogP contribution in [0.1, 0.15) is 9.71 Å². The number of thiophene rings is 1. The molecule has 0 bridgehead atoms. The summed E-state index contributed by atoms with van der Waals surface area (Å²) in [7, 11) is 1.62. The molecule has 0 aliphatic heterocycles. The van der Waals surface area contributed by atoms with Crippen molar-refractivity contribution in [2.75, 3.05) is 7.11 Å². The number of hydrogen-bond acceptors (Lipinski definition) is 2. The molecule has 1 aromatic heterocycles. The Morgan fingerprint density at radius 3 is 2.50 bits per heavy atom. The van der Waals surface area contributed by atoms with Gasteiger partial charge in [-0.3, -0.25) is 0 Å². The first-order valence-electron chi connectivity index (χ1n) is 2.66. The van der Waals surface area contributed by atoms with Crippen molar-refractivity contribution in [2.45, 2.75) is 4.84 Å². The summed E-state index contributed by atoms with van der Waals surface area (Å²) in [6.45, 7) is 0. The van der Waals surface area contributed by atoms with Gasteiger partial charge in [-0.15, -0.1) is 11.3 Å². The second-order valence-corrected chi connectivity index (χ2v) is 3.84. The second kappa shape index (κ2) is 3.46.